The Morgan fingerprint density at radius 3 is 2.54 bits per heavy atom. The van der Waals surface area contributed by atoms with E-state index in [-0.39, 0.29) is 6.73 Å². The lowest BCUT2D eigenvalue weighted by atomic mass is 10.3. The molecule has 4 nitrogen and oxygen atoms in total. The lowest BCUT2D eigenvalue weighted by Gasteiger charge is -2.14. The van der Waals surface area contributed by atoms with E-state index < -0.39 is 19.9 Å². The maximum absolute atomic E-state index is 13.0. The van der Waals surface area contributed by atoms with E-state index >= 15 is 0 Å². The van der Waals surface area contributed by atoms with E-state index in [1.807, 2.05) is 0 Å². The largest absolute Gasteiger partial charge is 0.457 e. The molecule has 0 unspecified atom stereocenters. The van der Waals surface area contributed by atoms with Gasteiger partial charge in [0, 0.05) is 20.9 Å². The van der Waals surface area contributed by atoms with Gasteiger partial charge in [0.05, 0.1) is 5.56 Å². The van der Waals surface area contributed by atoms with Crippen molar-refractivity contribution in [2.45, 2.75) is 38.6 Å². The minimum absolute atomic E-state index is 0.0580. The fourth-order valence-electron chi connectivity index (χ4n) is 1.99. The van der Waals surface area contributed by atoms with Crippen LogP contribution in [0.25, 0.3) is 11.4 Å². The average molecular weight is 423 g/mol. The molecule has 0 aliphatic rings. The van der Waals surface area contributed by atoms with Gasteiger partial charge in [0.25, 0.3) is 5.82 Å². The number of H-pyrrole nitrogens is 1. The predicted molar refractivity (Wildman–Crippen MR) is 91.0 cm³/mol. The van der Waals surface area contributed by atoms with Crippen molar-refractivity contribution in [2.24, 2.45) is 0 Å². The molecule has 0 atom stereocenters. The molecule has 0 saturated carbocycles. The zero-order valence-electron chi connectivity index (χ0n) is 13.7. The summed E-state index contributed by atoms with van der Waals surface area (Å²) in [6.45, 7) is 7.26. The van der Waals surface area contributed by atoms with E-state index in [1.54, 1.807) is 12.1 Å². The monoisotopic (exact) mass is 422 g/mol. The average Bonchev–Trinajstić information content (AvgIpc) is 2.88. The fourth-order valence-corrected chi connectivity index (χ4v) is 2.98. The van der Waals surface area contributed by atoms with Crippen LogP contribution < -0.4 is 4.57 Å². The van der Waals surface area contributed by atoms with E-state index in [1.165, 1.54) is 10.8 Å². The Morgan fingerprint density at radius 1 is 1.29 bits per heavy atom. The molecule has 2 heterocycles. The lowest BCUT2D eigenvalue weighted by molar-refractivity contribution is -0.721. The predicted octanol–water partition coefficient (Wildman–Crippen LogP) is 4.46. The van der Waals surface area contributed by atoms with Crippen LogP contribution in [0.2, 0.25) is 25.7 Å². The van der Waals surface area contributed by atoms with Crippen LogP contribution in [0.5, 0.6) is 0 Å². The van der Waals surface area contributed by atoms with Crippen LogP contribution in [0.15, 0.2) is 29.1 Å². The summed E-state index contributed by atoms with van der Waals surface area (Å²) in [5.41, 5.74) is -0.253. The fraction of sp³-hybridized carbons (Fsp3) is 0.467. The van der Waals surface area contributed by atoms with Crippen LogP contribution in [-0.4, -0.2) is 24.6 Å². The van der Waals surface area contributed by atoms with Gasteiger partial charge < -0.3 is 4.74 Å². The summed E-state index contributed by atoms with van der Waals surface area (Å²) < 4.78 is 46.6. The Labute approximate surface area is 148 Å². The maximum atomic E-state index is 13.0. The molecule has 2 aromatic rings. The molecule has 0 fully saturated rings. The highest BCUT2D eigenvalue weighted by Crippen LogP contribution is 2.28. The van der Waals surface area contributed by atoms with Gasteiger partial charge in [-0.05, 0) is 34.1 Å². The van der Waals surface area contributed by atoms with E-state index in [9.17, 15) is 13.2 Å². The molecule has 0 aliphatic heterocycles. The molecule has 1 N–H and O–H groups in total. The number of alkyl halides is 3. The van der Waals surface area contributed by atoms with Gasteiger partial charge in [0.2, 0.25) is 5.69 Å². The number of rotatable bonds is 6. The van der Waals surface area contributed by atoms with Crippen molar-refractivity contribution in [2.75, 3.05) is 6.61 Å². The Hall–Kier alpha value is -1.19. The van der Waals surface area contributed by atoms with Gasteiger partial charge in [0.1, 0.15) is 10.8 Å². The van der Waals surface area contributed by atoms with Gasteiger partial charge >= 0.3 is 6.18 Å². The summed E-state index contributed by atoms with van der Waals surface area (Å²) in [5.74, 6) is 0.315. The summed E-state index contributed by atoms with van der Waals surface area (Å²) in [7, 11) is -1.24. The van der Waals surface area contributed by atoms with Crippen LogP contribution >= 0.6 is 15.9 Å². The summed E-state index contributed by atoms with van der Waals surface area (Å²) >= 11 is 3.21. The van der Waals surface area contributed by atoms with Crippen molar-refractivity contribution in [3.63, 3.8) is 0 Å². The first-order valence-corrected chi connectivity index (χ1v) is 12.0. The van der Waals surface area contributed by atoms with E-state index in [0.29, 0.717) is 22.6 Å². The number of imidazole rings is 1. The molecule has 2 aromatic heterocycles. The molecule has 0 saturated heterocycles. The second-order valence-electron chi connectivity index (χ2n) is 6.70. The summed E-state index contributed by atoms with van der Waals surface area (Å²) in [6.07, 6.45) is -1.90. The summed E-state index contributed by atoms with van der Waals surface area (Å²) in [5, 5.41) is 0. The van der Waals surface area contributed by atoms with Crippen molar-refractivity contribution in [3.05, 3.63) is 34.8 Å². The standard InChI is InChI=1S/C15H19BrF3N3OSi/c1-24(2,3)7-6-23-10-22-9-12(15(17,18)19)21-14(22)11-4-5-13(16)20-8-11/h4-5,8-9H,6-7,10H2,1-3H3/p+1. The number of ether oxygens (including phenoxy) is 1. The Balaban J connectivity index is 2.21. The van der Waals surface area contributed by atoms with Crippen molar-refractivity contribution in [1.82, 2.24) is 9.97 Å². The third kappa shape index (κ3) is 5.42. The number of hydrogen-bond donors (Lipinski definition) is 1. The summed E-state index contributed by atoms with van der Waals surface area (Å²) in [6, 6.07) is 4.33. The molecule has 0 bridgehead atoms. The first-order chi connectivity index (χ1) is 11.1. The third-order valence-electron chi connectivity index (χ3n) is 3.36. The van der Waals surface area contributed by atoms with Gasteiger partial charge in [0.15, 0.2) is 6.73 Å². The van der Waals surface area contributed by atoms with Crippen LogP contribution in [-0.2, 0) is 17.6 Å². The van der Waals surface area contributed by atoms with Gasteiger partial charge in [-0.3, -0.25) is 0 Å². The molecule has 0 amide bonds. The van der Waals surface area contributed by atoms with Crippen molar-refractivity contribution >= 4 is 24.0 Å². The highest BCUT2D eigenvalue weighted by Gasteiger charge is 2.39. The van der Waals surface area contributed by atoms with Gasteiger partial charge in [-0.1, -0.05) is 19.6 Å². The first kappa shape index (κ1) is 19.1. The maximum Gasteiger partial charge on any atom is 0.457 e. The molecule has 0 aromatic carbocycles. The molecule has 2 rings (SSSR count). The third-order valence-corrected chi connectivity index (χ3v) is 5.53. The number of pyridine rings is 1. The highest BCUT2D eigenvalue weighted by molar-refractivity contribution is 9.10. The number of aromatic nitrogens is 3. The first-order valence-electron chi connectivity index (χ1n) is 7.45. The second kappa shape index (κ2) is 7.36. The van der Waals surface area contributed by atoms with Crippen LogP contribution in [0.3, 0.4) is 0 Å². The van der Waals surface area contributed by atoms with Crippen molar-refractivity contribution in [3.8, 4) is 11.4 Å². The lowest BCUT2D eigenvalue weighted by Crippen LogP contribution is -2.36. The van der Waals surface area contributed by atoms with Gasteiger partial charge in [-0.2, -0.15) is 13.2 Å². The Morgan fingerprint density at radius 2 is 2.00 bits per heavy atom. The molecular weight excluding hydrogens is 403 g/mol. The molecule has 0 spiro atoms. The van der Waals surface area contributed by atoms with Gasteiger partial charge in [-0.25, -0.2) is 14.5 Å². The number of halogens is 4. The molecule has 24 heavy (non-hydrogen) atoms. The minimum Gasteiger partial charge on any atom is -0.342 e. The SMILES string of the molecule is C[Si](C)(C)CCOC[n+]1cc(C(F)(F)F)[nH]c1-c1ccc(Br)nc1. The van der Waals surface area contributed by atoms with E-state index in [0.717, 1.165) is 12.2 Å². The molecule has 0 aliphatic carbocycles. The van der Waals surface area contributed by atoms with Gasteiger partial charge in [-0.15, -0.1) is 0 Å². The highest BCUT2D eigenvalue weighted by atomic mass is 79.9. The molecule has 0 radical (unpaired) electrons. The van der Waals surface area contributed by atoms with Crippen molar-refractivity contribution in [1.29, 1.82) is 0 Å². The van der Waals surface area contributed by atoms with E-state index in [2.05, 4.69) is 45.5 Å². The Kier molecular flexibility index (Phi) is 5.87. The minimum atomic E-state index is -4.44. The van der Waals surface area contributed by atoms with Crippen LogP contribution in [0, 0.1) is 0 Å². The number of nitrogens with one attached hydrogen (secondary N) is 1. The van der Waals surface area contributed by atoms with Crippen LogP contribution in [0.4, 0.5) is 13.2 Å². The quantitative estimate of drug-likeness (QED) is 0.323. The Bertz CT molecular complexity index is 681. The number of nitrogens with zero attached hydrogens (tertiary/aromatic N) is 2. The molecule has 132 valence electrons. The van der Waals surface area contributed by atoms with Crippen LogP contribution in [0.1, 0.15) is 5.69 Å². The topological polar surface area (TPSA) is 41.8 Å². The second-order valence-corrected chi connectivity index (χ2v) is 13.1. The van der Waals surface area contributed by atoms with Crippen molar-refractivity contribution < 1.29 is 22.5 Å². The number of aromatic amines is 1. The smallest absolute Gasteiger partial charge is 0.342 e. The zero-order valence-corrected chi connectivity index (χ0v) is 16.3. The molecule has 9 heteroatoms. The van der Waals surface area contributed by atoms with E-state index in [4.69, 9.17) is 4.74 Å². The summed E-state index contributed by atoms with van der Waals surface area (Å²) in [4.78, 5) is 6.49. The normalized spacial score (nSPS) is 12.6. The molecular formula is C15H20BrF3N3OSi+. The zero-order chi connectivity index (χ0) is 18.0. The number of hydrogen-bond acceptors (Lipinski definition) is 2.